The van der Waals surface area contributed by atoms with Gasteiger partial charge in [-0.1, -0.05) is 23.5 Å². The van der Waals surface area contributed by atoms with E-state index in [0.717, 1.165) is 15.8 Å². The first kappa shape index (κ1) is 20.7. The number of nitro groups is 1. The monoisotopic (exact) mass is 443 g/mol. The zero-order chi connectivity index (χ0) is 22.0. The van der Waals surface area contributed by atoms with Gasteiger partial charge < -0.3 is 19.9 Å². The van der Waals surface area contributed by atoms with Crippen LogP contribution < -0.4 is 10.2 Å². The average Bonchev–Trinajstić information content (AvgIpc) is 3.17. The van der Waals surface area contributed by atoms with E-state index in [2.05, 4.69) is 20.3 Å². The predicted octanol–water partition coefficient (Wildman–Crippen LogP) is 3.33. The van der Waals surface area contributed by atoms with Crippen molar-refractivity contribution in [2.24, 2.45) is 0 Å². The van der Waals surface area contributed by atoms with Crippen molar-refractivity contribution in [1.82, 2.24) is 19.9 Å². The molecule has 162 valence electrons. The molecule has 12 heteroatoms. The number of para-hydroxylation sites is 1. The summed E-state index contributed by atoms with van der Waals surface area (Å²) in [6.45, 7) is 5.59. The average molecular weight is 443 g/mol. The van der Waals surface area contributed by atoms with Gasteiger partial charge in [0.15, 0.2) is 5.13 Å². The Labute approximate surface area is 181 Å². The molecule has 0 atom stereocenters. The third-order valence-electron chi connectivity index (χ3n) is 4.94. The standard InChI is InChI=1S/C19H21N7O4S/c1-3-30-19(27)25-9-7-24(8-10-25)17-15(26(28)29)16(20-11-21-17)23-18-22-14-12(2)5-4-6-13(14)31-18/h4-6,11H,3,7-10H2,1-2H3,(H,20,21,22,23). The Kier molecular flexibility index (Phi) is 5.80. The third kappa shape index (κ3) is 4.19. The molecular formula is C19H21N7O4S. The molecule has 4 rings (SSSR count). The van der Waals surface area contributed by atoms with E-state index < -0.39 is 4.92 Å². The molecule has 1 aromatic carbocycles. The first-order valence-electron chi connectivity index (χ1n) is 9.77. The third-order valence-corrected chi connectivity index (χ3v) is 5.87. The maximum Gasteiger partial charge on any atom is 0.409 e. The number of hydrogen-bond donors (Lipinski definition) is 1. The number of rotatable bonds is 5. The number of thiazole rings is 1. The van der Waals surface area contributed by atoms with E-state index in [1.165, 1.54) is 17.7 Å². The van der Waals surface area contributed by atoms with Gasteiger partial charge in [-0.25, -0.2) is 19.7 Å². The summed E-state index contributed by atoms with van der Waals surface area (Å²) in [5.74, 6) is 0.294. The van der Waals surface area contributed by atoms with Crippen LogP contribution in [0.3, 0.4) is 0 Å². The van der Waals surface area contributed by atoms with Crippen molar-refractivity contribution in [2.45, 2.75) is 13.8 Å². The molecule has 31 heavy (non-hydrogen) atoms. The van der Waals surface area contributed by atoms with Crippen molar-refractivity contribution >= 4 is 50.1 Å². The van der Waals surface area contributed by atoms with Gasteiger partial charge in [-0.15, -0.1) is 0 Å². The Hall–Kier alpha value is -3.54. The summed E-state index contributed by atoms with van der Waals surface area (Å²) in [4.78, 5) is 39.5. The lowest BCUT2D eigenvalue weighted by Gasteiger charge is -2.34. The van der Waals surface area contributed by atoms with Crippen molar-refractivity contribution in [2.75, 3.05) is 43.0 Å². The number of aryl methyl sites for hydroxylation is 1. The smallest absolute Gasteiger partial charge is 0.409 e. The Morgan fingerprint density at radius 2 is 2.06 bits per heavy atom. The van der Waals surface area contributed by atoms with Crippen molar-refractivity contribution in [1.29, 1.82) is 0 Å². The molecule has 0 bridgehead atoms. The van der Waals surface area contributed by atoms with E-state index in [4.69, 9.17) is 4.74 Å². The lowest BCUT2D eigenvalue weighted by Crippen LogP contribution is -2.49. The second-order valence-electron chi connectivity index (χ2n) is 6.89. The molecule has 2 aromatic heterocycles. The number of carbonyl (C=O) groups is 1. The predicted molar refractivity (Wildman–Crippen MR) is 117 cm³/mol. The summed E-state index contributed by atoms with van der Waals surface area (Å²) >= 11 is 1.40. The lowest BCUT2D eigenvalue weighted by atomic mass is 10.2. The van der Waals surface area contributed by atoms with Gasteiger partial charge in [0.2, 0.25) is 11.6 Å². The number of benzene rings is 1. The highest BCUT2D eigenvalue weighted by Crippen LogP contribution is 2.36. The van der Waals surface area contributed by atoms with Crippen LogP contribution in [0.25, 0.3) is 10.2 Å². The van der Waals surface area contributed by atoms with Crippen LogP contribution in [-0.2, 0) is 4.74 Å². The molecule has 0 saturated carbocycles. The summed E-state index contributed by atoms with van der Waals surface area (Å²) in [5, 5.41) is 15.4. The molecule has 11 nitrogen and oxygen atoms in total. The molecule has 1 aliphatic heterocycles. The number of fused-ring (bicyclic) bond motifs is 1. The zero-order valence-corrected chi connectivity index (χ0v) is 17.9. The van der Waals surface area contributed by atoms with Gasteiger partial charge in [-0.05, 0) is 25.5 Å². The Morgan fingerprint density at radius 1 is 1.29 bits per heavy atom. The fraction of sp³-hybridized carbons (Fsp3) is 0.368. The van der Waals surface area contributed by atoms with Crippen LogP contribution in [0, 0.1) is 17.0 Å². The minimum atomic E-state index is -0.492. The first-order chi connectivity index (χ1) is 15.0. The van der Waals surface area contributed by atoms with Crippen molar-refractivity contribution in [3.05, 3.63) is 40.2 Å². The molecule has 1 N–H and O–H groups in total. The number of ether oxygens (including phenoxy) is 1. The van der Waals surface area contributed by atoms with E-state index >= 15 is 0 Å². The molecule has 1 fully saturated rings. The highest BCUT2D eigenvalue weighted by molar-refractivity contribution is 7.22. The van der Waals surface area contributed by atoms with Crippen LogP contribution in [0.1, 0.15) is 12.5 Å². The molecule has 3 aromatic rings. The minimum absolute atomic E-state index is 0.0829. The Balaban J connectivity index is 1.59. The number of piperazine rings is 1. The second-order valence-corrected chi connectivity index (χ2v) is 7.92. The van der Waals surface area contributed by atoms with E-state index in [1.54, 1.807) is 16.7 Å². The van der Waals surface area contributed by atoms with Crippen molar-refractivity contribution < 1.29 is 14.5 Å². The summed E-state index contributed by atoms with van der Waals surface area (Å²) in [6.07, 6.45) is 0.911. The number of nitrogens with one attached hydrogen (secondary N) is 1. The van der Waals surface area contributed by atoms with Crippen LogP contribution >= 0.6 is 11.3 Å². The van der Waals surface area contributed by atoms with Crippen LogP contribution in [0.2, 0.25) is 0 Å². The number of carbonyl (C=O) groups excluding carboxylic acids is 1. The summed E-state index contributed by atoms with van der Waals surface area (Å²) < 4.78 is 6.00. The molecule has 0 aliphatic carbocycles. The highest BCUT2D eigenvalue weighted by Gasteiger charge is 2.31. The maximum absolute atomic E-state index is 11.9. The van der Waals surface area contributed by atoms with E-state index in [1.807, 2.05) is 25.1 Å². The van der Waals surface area contributed by atoms with Crippen LogP contribution in [0.4, 0.5) is 27.2 Å². The minimum Gasteiger partial charge on any atom is -0.450 e. The first-order valence-corrected chi connectivity index (χ1v) is 10.6. The topological polar surface area (TPSA) is 127 Å². The summed E-state index contributed by atoms with van der Waals surface area (Å²) in [7, 11) is 0. The van der Waals surface area contributed by atoms with Crippen LogP contribution in [0.15, 0.2) is 24.5 Å². The highest BCUT2D eigenvalue weighted by atomic mass is 32.1. The number of aromatic nitrogens is 3. The largest absolute Gasteiger partial charge is 0.450 e. The molecule has 1 aliphatic rings. The Morgan fingerprint density at radius 3 is 2.74 bits per heavy atom. The lowest BCUT2D eigenvalue weighted by molar-refractivity contribution is -0.383. The van der Waals surface area contributed by atoms with Gasteiger partial charge in [-0.2, -0.15) is 0 Å². The SMILES string of the molecule is CCOC(=O)N1CCN(c2ncnc(Nc3nc4c(C)cccc4s3)c2[N+](=O)[O-])CC1. The van der Waals surface area contributed by atoms with Crippen molar-refractivity contribution in [3.63, 3.8) is 0 Å². The number of amides is 1. The van der Waals surface area contributed by atoms with E-state index in [9.17, 15) is 14.9 Å². The van der Waals surface area contributed by atoms with Gasteiger partial charge in [0, 0.05) is 26.2 Å². The fourth-order valence-corrected chi connectivity index (χ4v) is 4.36. The molecular weight excluding hydrogens is 422 g/mol. The Bertz CT molecular complexity index is 1130. The number of anilines is 3. The fourth-order valence-electron chi connectivity index (χ4n) is 3.42. The van der Waals surface area contributed by atoms with Gasteiger partial charge in [0.25, 0.3) is 0 Å². The van der Waals surface area contributed by atoms with Gasteiger partial charge in [0.1, 0.15) is 6.33 Å². The van der Waals surface area contributed by atoms with Gasteiger partial charge in [-0.3, -0.25) is 10.1 Å². The van der Waals surface area contributed by atoms with Crippen molar-refractivity contribution in [3.8, 4) is 0 Å². The summed E-state index contributed by atoms with van der Waals surface area (Å²) in [6, 6.07) is 5.86. The molecule has 1 saturated heterocycles. The quantitative estimate of drug-likeness (QED) is 0.466. The van der Waals surface area contributed by atoms with Gasteiger partial charge in [0.05, 0.1) is 21.7 Å². The van der Waals surface area contributed by atoms with Crippen LogP contribution in [0.5, 0.6) is 0 Å². The molecule has 0 unspecified atom stereocenters. The van der Waals surface area contributed by atoms with E-state index in [-0.39, 0.29) is 23.4 Å². The molecule has 0 radical (unpaired) electrons. The number of hydrogen-bond acceptors (Lipinski definition) is 10. The van der Waals surface area contributed by atoms with Gasteiger partial charge >= 0.3 is 11.8 Å². The zero-order valence-electron chi connectivity index (χ0n) is 17.1. The number of nitrogens with zero attached hydrogens (tertiary/aromatic N) is 6. The van der Waals surface area contributed by atoms with Crippen LogP contribution in [-0.4, -0.2) is 63.7 Å². The maximum atomic E-state index is 11.9. The second kappa shape index (κ2) is 8.68. The molecule has 3 heterocycles. The normalized spacial score (nSPS) is 14.0. The van der Waals surface area contributed by atoms with E-state index in [0.29, 0.717) is 37.9 Å². The molecule has 0 spiro atoms. The molecule has 1 amide bonds. The summed E-state index contributed by atoms with van der Waals surface area (Å²) in [5.41, 5.74) is 1.66.